The minimum atomic E-state index is 0.756. The van der Waals surface area contributed by atoms with Gasteiger partial charge in [-0.3, -0.25) is 0 Å². The van der Waals surface area contributed by atoms with Gasteiger partial charge in [0.15, 0.2) is 0 Å². The first-order valence-corrected chi connectivity index (χ1v) is 9.34. The Hall–Kier alpha value is -0.370. The zero-order chi connectivity index (χ0) is 15.4. The van der Waals surface area contributed by atoms with Crippen molar-refractivity contribution in [1.82, 2.24) is 0 Å². The molecule has 0 aromatic heterocycles. The molecule has 0 saturated heterocycles. The lowest BCUT2D eigenvalue weighted by atomic mass is 10.0. The van der Waals surface area contributed by atoms with Crippen molar-refractivity contribution in [2.45, 2.75) is 103 Å². The number of methoxy groups -OCH3 is 1. The van der Waals surface area contributed by atoms with Gasteiger partial charge in [0.25, 0.3) is 0 Å². The van der Waals surface area contributed by atoms with Crippen molar-refractivity contribution in [1.29, 1.82) is 0 Å². The highest BCUT2D eigenvalue weighted by Crippen LogP contribution is 2.13. The summed E-state index contributed by atoms with van der Waals surface area (Å²) < 4.78 is 5.05. The Bertz CT molecular complexity index is 192. The quantitative estimate of drug-likeness (QED) is 0.227. The van der Waals surface area contributed by atoms with Crippen molar-refractivity contribution in [2.24, 2.45) is 0 Å². The highest BCUT2D eigenvalue weighted by Gasteiger charge is 1.94. The van der Waals surface area contributed by atoms with E-state index in [-0.39, 0.29) is 0 Å². The van der Waals surface area contributed by atoms with Crippen LogP contribution in [-0.2, 0) is 9.53 Å². The molecule has 0 aromatic rings. The molecule has 0 aliphatic carbocycles. The van der Waals surface area contributed by atoms with Crippen molar-refractivity contribution in [3.05, 3.63) is 0 Å². The largest absolute Gasteiger partial charge is 0.385 e. The molecule has 0 radical (unpaired) electrons. The van der Waals surface area contributed by atoms with Crippen LogP contribution in [0.15, 0.2) is 0 Å². The van der Waals surface area contributed by atoms with Crippen LogP contribution in [0.3, 0.4) is 0 Å². The molecule has 0 unspecified atom stereocenters. The summed E-state index contributed by atoms with van der Waals surface area (Å²) in [5, 5.41) is 0. The van der Waals surface area contributed by atoms with Crippen LogP contribution in [0.1, 0.15) is 103 Å². The number of unbranched alkanes of at least 4 members (excludes halogenated alkanes) is 15. The third kappa shape index (κ3) is 19.6. The van der Waals surface area contributed by atoms with Crippen LogP contribution in [0.25, 0.3) is 0 Å². The monoisotopic (exact) mass is 298 g/mol. The van der Waals surface area contributed by atoms with Crippen molar-refractivity contribution in [3.8, 4) is 0 Å². The van der Waals surface area contributed by atoms with E-state index in [1.807, 2.05) is 0 Å². The fourth-order valence-electron chi connectivity index (χ4n) is 2.77. The first-order valence-electron chi connectivity index (χ1n) is 9.34. The molecule has 21 heavy (non-hydrogen) atoms. The lowest BCUT2D eigenvalue weighted by Crippen LogP contribution is -1.88. The van der Waals surface area contributed by atoms with Gasteiger partial charge in [-0.1, -0.05) is 83.5 Å². The van der Waals surface area contributed by atoms with E-state index in [0.717, 1.165) is 25.7 Å². The number of hydrogen-bond acceptors (Lipinski definition) is 2. The zero-order valence-electron chi connectivity index (χ0n) is 14.4. The number of ether oxygens (including phenoxy) is 1. The third-order valence-corrected chi connectivity index (χ3v) is 4.17. The van der Waals surface area contributed by atoms with E-state index in [9.17, 15) is 4.79 Å². The van der Waals surface area contributed by atoms with Gasteiger partial charge in [0.2, 0.25) is 0 Å². The first kappa shape index (κ1) is 20.6. The molecule has 126 valence electrons. The fraction of sp³-hybridized carbons (Fsp3) is 0.947. The van der Waals surface area contributed by atoms with E-state index >= 15 is 0 Å². The van der Waals surface area contributed by atoms with Crippen LogP contribution in [0, 0.1) is 0 Å². The smallest absolute Gasteiger partial charge is 0.119 e. The van der Waals surface area contributed by atoms with Gasteiger partial charge in [-0.05, 0) is 12.8 Å². The van der Waals surface area contributed by atoms with E-state index in [0.29, 0.717) is 0 Å². The molecule has 0 N–H and O–H groups in total. The highest BCUT2D eigenvalue weighted by atomic mass is 16.5. The number of carbonyl (C=O) groups excluding carboxylic acids is 1. The molecule has 0 rings (SSSR count). The fourth-order valence-corrected chi connectivity index (χ4v) is 2.77. The first-order chi connectivity index (χ1) is 10.4. The molecule has 0 fully saturated rings. The Labute approximate surface area is 133 Å². The average Bonchev–Trinajstić information content (AvgIpc) is 2.50. The van der Waals surface area contributed by atoms with E-state index in [4.69, 9.17) is 4.74 Å². The number of aldehydes is 1. The van der Waals surface area contributed by atoms with Crippen LogP contribution < -0.4 is 0 Å². The predicted molar refractivity (Wildman–Crippen MR) is 91.8 cm³/mol. The van der Waals surface area contributed by atoms with Crippen molar-refractivity contribution in [3.63, 3.8) is 0 Å². The summed E-state index contributed by atoms with van der Waals surface area (Å²) in [6, 6.07) is 0. The molecule has 0 heterocycles. The van der Waals surface area contributed by atoms with Crippen molar-refractivity contribution >= 4 is 6.29 Å². The summed E-state index contributed by atoms with van der Waals surface area (Å²) in [6.45, 7) is 0.928. The number of hydrogen-bond donors (Lipinski definition) is 0. The molecule has 0 bridgehead atoms. The molecule has 2 heteroatoms. The van der Waals surface area contributed by atoms with Gasteiger partial charge in [0.05, 0.1) is 0 Å². The maximum Gasteiger partial charge on any atom is 0.119 e. The van der Waals surface area contributed by atoms with Gasteiger partial charge in [0, 0.05) is 20.1 Å². The SMILES string of the molecule is COCCCCCCCCCCCCCCCCCC=O. The average molecular weight is 299 g/mol. The summed E-state index contributed by atoms with van der Waals surface area (Å²) in [4.78, 5) is 10.2. The van der Waals surface area contributed by atoms with Crippen molar-refractivity contribution in [2.75, 3.05) is 13.7 Å². The second-order valence-electron chi connectivity index (χ2n) is 6.25. The Morgan fingerprint density at radius 2 is 0.905 bits per heavy atom. The third-order valence-electron chi connectivity index (χ3n) is 4.17. The van der Waals surface area contributed by atoms with Crippen LogP contribution in [0.5, 0.6) is 0 Å². The molecule has 0 spiro atoms. The van der Waals surface area contributed by atoms with Gasteiger partial charge >= 0.3 is 0 Å². The van der Waals surface area contributed by atoms with Crippen LogP contribution >= 0.6 is 0 Å². The zero-order valence-corrected chi connectivity index (χ0v) is 14.4. The highest BCUT2D eigenvalue weighted by molar-refractivity contribution is 5.48. The molecule has 0 atom stereocenters. The second kappa shape index (κ2) is 19.6. The Morgan fingerprint density at radius 1 is 0.571 bits per heavy atom. The van der Waals surface area contributed by atoms with Crippen molar-refractivity contribution < 1.29 is 9.53 Å². The maximum absolute atomic E-state index is 10.2. The maximum atomic E-state index is 10.2. The Morgan fingerprint density at radius 3 is 1.24 bits per heavy atom. The molecule has 2 nitrogen and oxygen atoms in total. The number of carbonyl (C=O) groups is 1. The standard InChI is InChI=1S/C19H38O2/c1-21-19-17-15-13-11-9-7-5-3-2-4-6-8-10-12-14-16-18-20/h18H,2-17,19H2,1H3. The molecule has 0 aliphatic heterocycles. The van der Waals surface area contributed by atoms with Gasteiger partial charge in [-0.25, -0.2) is 0 Å². The van der Waals surface area contributed by atoms with Gasteiger partial charge in [-0.2, -0.15) is 0 Å². The molecule has 0 aromatic carbocycles. The minimum absolute atomic E-state index is 0.756. The minimum Gasteiger partial charge on any atom is -0.385 e. The summed E-state index contributed by atoms with van der Waals surface area (Å²) in [7, 11) is 1.79. The Kier molecular flexibility index (Phi) is 19.3. The molecular weight excluding hydrogens is 260 g/mol. The molecule has 0 saturated carbocycles. The van der Waals surface area contributed by atoms with E-state index in [2.05, 4.69) is 0 Å². The predicted octanol–water partition coefficient (Wildman–Crippen LogP) is 6.07. The Balaban J connectivity index is 2.91. The normalized spacial score (nSPS) is 10.9. The number of rotatable bonds is 18. The van der Waals surface area contributed by atoms with Gasteiger partial charge in [-0.15, -0.1) is 0 Å². The van der Waals surface area contributed by atoms with Gasteiger partial charge < -0.3 is 9.53 Å². The van der Waals surface area contributed by atoms with Gasteiger partial charge in [0.1, 0.15) is 6.29 Å². The second-order valence-corrected chi connectivity index (χ2v) is 6.25. The summed E-state index contributed by atoms with van der Waals surface area (Å²) >= 11 is 0. The lowest BCUT2D eigenvalue weighted by Gasteiger charge is -2.03. The summed E-state index contributed by atoms with van der Waals surface area (Å²) in [5.74, 6) is 0. The van der Waals surface area contributed by atoms with E-state index in [1.165, 1.54) is 89.9 Å². The van der Waals surface area contributed by atoms with E-state index in [1.54, 1.807) is 7.11 Å². The van der Waals surface area contributed by atoms with E-state index < -0.39 is 0 Å². The molecular formula is C19H38O2. The van der Waals surface area contributed by atoms with Crippen LogP contribution in [-0.4, -0.2) is 20.0 Å². The summed E-state index contributed by atoms with van der Waals surface area (Å²) in [5.41, 5.74) is 0. The molecule has 0 aliphatic rings. The lowest BCUT2D eigenvalue weighted by molar-refractivity contribution is -0.107. The topological polar surface area (TPSA) is 26.3 Å². The summed E-state index contributed by atoms with van der Waals surface area (Å²) in [6.07, 6.45) is 22.1. The van der Waals surface area contributed by atoms with Crippen LogP contribution in [0.2, 0.25) is 0 Å². The molecule has 0 amide bonds. The van der Waals surface area contributed by atoms with Crippen LogP contribution in [0.4, 0.5) is 0 Å².